The van der Waals surface area contributed by atoms with Crippen molar-refractivity contribution in [2.24, 2.45) is 0 Å². The Hall–Kier alpha value is -0.700. The summed E-state index contributed by atoms with van der Waals surface area (Å²) in [5, 5.41) is 0. The predicted octanol–water partition coefficient (Wildman–Crippen LogP) is 1.52. The maximum absolute atomic E-state index is 13.7. The van der Waals surface area contributed by atoms with E-state index in [0.717, 1.165) is 24.5 Å². The number of halogens is 2. The van der Waals surface area contributed by atoms with Crippen LogP contribution in [0.15, 0.2) is 28.0 Å². The van der Waals surface area contributed by atoms with E-state index in [1.165, 1.54) is 0 Å². The molecule has 0 fully saturated rings. The lowest BCUT2D eigenvalue weighted by atomic mass is 10.3. The highest BCUT2D eigenvalue weighted by atomic mass is 35.5. The summed E-state index contributed by atoms with van der Waals surface area (Å²) in [6.45, 7) is 1.72. The second kappa shape index (κ2) is 6.38. The summed E-state index contributed by atoms with van der Waals surface area (Å²) in [5.74, 6) is -0.988. The summed E-state index contributed by atoms with van der Waals surface area (Å²) < 4.78 is 62.8. The van der Waals surface area contributed by atoms with Crippen molar-refractivity contribution in [1.82, 2.24) is 4.72 Å². The minimum Gasteiger partial charge on any atom is -0.224 e. The van der Waals surface area contributed by atoms with E-state index >= 15 is 0 Å². The van der Waals surface area contributed by atoms with Gasteiger partial charge < -0.3 is 0 Å². The SMILES string of the molecule is CCC(CCl)NS(=O)(=O)c1cc(S(C)(=O)=O)ccc1F. The zero-order valence-corrected chi connectivity index (χ0v) is 13.3. The Kier molecular flexibility index (Phi) is 5.54. The molecular formula is C11H15ClFNO4S2. The van der Waals surface area contributed by atoms with E-state index in [1.54, 1.807) is 6.92 Å². The number of rotatable bonds is 6. The molecule has 0 aromatic heterocycles. The molecule has 1 N–H and O–H groups in total. The van der Waals surface area contributed by atoms with Gasteiger partial charge in [-0.1, -0.05) is 6.92 Å². The van der Waals surface area contributed by atoms with Gasteiger partial charge in [-0.25, -0.2) is 25.9 Å². The molecule has 0 spiro atoms. The number of hydrogen-bond donors (Lipinski definition) is 1. The molecule has 9 heteroatoms. The molecule has 0 saturated carbocycles. The van der Waals surface area contributed by atoms with Gasteiger partial charge in [-0.2, -0.15) is 0 Å². The Morgan fingerprint density at radius 2 is 1.90 bits per heavy atom. The molecule has 114 valence electrons. The van der Waals surface area contributed by atoms with Gasteiger partial charge in [0.25, 0.3) is 0 Å². The van der Waals surface area contributed by atoms with Crippen LogP contribution in [0.2, 0.25) is 0 Å². The fraction of sp³-hybridized carbons (Fsp3) is 0.455. The van der Waals surface area contributed by atoms with E-state index in [2.05, 4.69) is 4.72 Å². The molecule has 0 radical (unpaired) electrons. The molecule has 5 nitrogen and oxygen atoms in total. The molecule has 0 heterocycles. The molecule has 0 bridgehead atoms. The third-order valence-electron chi connectivity index (χ3n) is 2.62. The first-order chi connectivity index (χ1) is 9.11. The van der Waals surface area contributed by atoms with Crippen molar-refractivity contribution in [3.8, 4) is 0 Å². The largest absolute Gasteiger partial charge is 0.243 e. The quantitative estimate of drug-likeness (QED) is 0.627. The van der Waals surface area contributed by atoms with Crippen LogP contribution in [-0.2, 0) is 19.9 Å². The summed E-state index contributed by atoms with van der Waals surface area (Å²) in [6.07, 6.45) is 1.34. The highest BCUT2D eigenvalue weighted by Gasteiger charge is 2.24. The lowest BCUT2D eigenvalue weighted by molar-refractivity contribution is 0.539. The van der Waals surface area contributed by atoms with Crippen LogP contribution >= 0.6 is 11.6 Å². The first-order valence-corrected chi connectivity index (χ1v) is 9.60. The Balaban J connectivity index is 3.31. The van der Waals surface area contributed by atoms with Gasteiger partial charge >= 0.3 is 0 Å². The molecule has 1 aromatic rings. The maximum atomic E-state index is 13.7. The number of sulfonamides is 1. The van der Waals surface area contributed by atoms with E-state index in [4.69, 9.17) is 11.6 Å². The fourth-order valence-corrected chi connectivity index (χ4v) is 3.96. The highest BCUT2D eigenvalue weighted by Crippen LogP contribution is 2.20. The first kappa shape index (κ1) is 17.4. The van der Waals surface area contributed by atoms with Crippen molar-refractivity contribution >= 4 is 31.5 Å². The number of sulfone groups is 1. The fourth-order valence-electron chi connectivity index (χ4n) is 1.43. The molecule has 0 saturated heterocycles. The third kappa shape index (κ3) is 4.15. The molecule has 1 aromatic carbocycles. The van der Waals surface area contributed by atoms with Crippen LogP contribution in [0.3, 0.4) is 0 Å². The van der Waals surface area contributed by atoms with Gasteiger partial charge in [-0.05, 0) is 24.6 Å². The predicted molar refractivity (Wildman–Crippen MR) is 74.6 cm³/mol. The molecule has 0 aliphatic rings. The van der Waals surface area contributed by atoms with Crippen LogP contribution < -0.4 is 4.72 Å². The van der Waals surface area contributed by atoms with Crippen molar-refractivity contribution in [3.63, 3.8) is 0 Å². The van der Waals surface area contributed by atoms with Crippen LogP contribution in [-0.4, -0.2) is 35.0 Å². The van der Waals surface area contributed by atoms with E-state index in [1.807, 2.05) is 0 Å². The van der Waals surface area contributed by atoms with Crippen molar-refractivity contribution in [3.05, 3.63) is 24.0 Å². The molecule has 1 rings (SSSR count). The zero-order chi connectivity index (χ0) is 15.6. The van der Waals surface area contributed by atoms with Gasteiger partial charge in [0, 0.05) is 18.2 Å². The zero-order valence-electron chi connectivity index (χ0n) is 10.9. The molecule has 0 amide bonds. The monoisotopic (exact) mass is 343 g/mol. The third-order valence-corrected chi connectivity index (χ3v) is 5.64. The average molecular weight is 344 g/mol. The normalized spacial score (nSPS) is 14.2. The molecule has 0 aliphatic carbocycles. The Labute approximate surface area is 123 Å². The van der Waals surface area contributed by atoms with Crippen LogP contribution in [0.1, 0.15) is 13.3 Å². The van der Waals surface area contributed by atoms with E-state index in [9.17, 15) is 21.2 Å². The van der Waals surface area contributed by atoms with Gasteiger partial charge in [0.05, 0.1) is 4.90 Å². The highest BCUT2D eigenvalue weighted by molar-refractivity contribution is 7.91. The summed E-state index contributed by atoms with van der Waals surface area (Å²) >= 11 is 5.59. The first-order valence-electron chi connectivity index (χ1n) is 5.69. The number of hydrogen-bond acceptors (Lipinski definition) is 4. The summed E-state index contributed by atoms with van der Waals surface area (Å²) in [5.41, 5.74) is 0. The van der Waals surface area contributed by atoms with Gasteiger partial charge in [0.15, 0.2) is 9.84 Å². The topological polar surface area (TPSA) is 80.3 Å². The van der Waals surface area contributed by atoms with Gasteiger partial charge in [0.1, 0.15) is 10.7 Å². The number of nitrogens with one attached hydrogen (secondary N) is 1. The molecule has 1 atom stereocenters. The smallest absolute Gasteiger partial charge is 0.224 e. The lowest BCUT2D eigenvalue weighted by Gasteiger charge is -2.15. The summed E-state index contributed by atoms with van der Waals surface area (Å²) in [6, 6.07) is 2.08. The second-order valence-electron chi connectivity index (χ2n) is 4.25. The summed E-state index contributed by atoms with van der Waals surface area (Å²) in [7, 11) is -7.80. The summed E-state index contributed by atoms with van der Waals surface area (Å²) in [4.78, 5) is -0.970. The Morgan fingerprint density at radius 1 is 1.30 bits per heavy atom. The van der Waals surface area contributed by atoms with E-state index < -0.39 is 36.6 Å². The van der Waals surface area contributed by atoms with Crippen molar-refractivity contribution in [2.75, 3.05) is 12.1 Å². The Bertz CT molecular complexity index is 684. The van der Waals surface area contributed by atoms with Crippen LogP contribution in [0.25, 0.3) is 0 Å². The standard InChI is InChI=1S/C11H15ClFNO4S2/c1-3-8(7-12)14-20(17,18)11-6-9(19(2,15)16)4-5-10(11)13/h4-6,8,14H,3,7H2,1-2H3. The van der Waals surface area contributed by atoms with Crippen LogP contribution in [0, 0.1) is 5.82 Å². The Morgan fingerprint density at radius 3 is 2.35 bits per heavy atom. The van der Waals surface area contributed by atoms with Gasteiger partial charge in [-0.15, -0.1) is 11.6 Å². The van der Waals surface area contributed by atoms with Gasteiger partial charge in [0.2, 0.25) is 10.0 Å². The maximum Gasteiger partial charge on any atom is 0.243 e. The van der Waals surface area contributed by atoms with Crippen LogP contribution in [0.4, 0.5) is 4.39 Å². The lowest BCUT2D eigenvalue weighted by Crippen LogP contribution is -2.36. The second-order valence-corrected chi connectivity index (χ2v) is 8.25. The van der Waals surface area contributed by atoms with Crippen molar-refractivity contribution in [2.45, 2.75) is 29.2 Å². The average Bonchev–Trinajstić information content (AvgIpc) is 2.34. The minimum absolute atomic E-state index is 0.0309. The van der Waals surface area contributed by atoms with E-state index in [-0.39, 0.29) is 10.8 Å². The van der Waals surface area contributed by atoms with Gasteiger partial charge in [-0.3, -0.25) is 0 Å². The molecule has 0 aliphatic heterocycles. The molecule has 1 unspecified atom stereocenters. The van der Waals surface area contributed by atoms with Crippen molar-refractivity contribution < 1.29 is 21.2 Å². The number of benzene rings is 1. The molecule has 20 heavy (non-hydrogen) atoms. The van der Waals surface area contributed by atoms with Crippen molar-refractivity contribution in [1.29, 1.82) is 0 Å². The van der Waals surface area contributed by atoms with E-state index in [0.29, 0.717) is 6.42 Å². The number of alkyl halides is 1. The molecular weight excluding hydrogens is 329 g/mol. The minimum atomic E-state index is -4.17. The van der Waals surface area contributed by atoms with Crippen LogP contribution in [0.5, 0.6) is 0 Å².